The van der Waals surface area contributed by atoms with Crippen LogP contribution in [0.1, 0.15) is 174 Å². The standard InChI is InChI=1S/C20H24N4OS.C15H15N3OS.C9H16O3.C6H12Br2.C6H10O3.C6H14O2.C3H7Br.Br3P/c1-12(2)14-10-24-18(25)15(8-21)17(23-19(24)26-11-14)13-6-7-16(22-9-13)20(3,4)5;1-15(2,3)12-5-4-9(8-17-12)10-6-13(20)18-14(19)11(10)7-16;1-5-12-9(11)8(6(2)3)7(4)10;1-5(2)6(3-7)4-8;1-3-9-6(8)4-5(2)7;1-5(2)6(3-7)4-8;1-3(2)4;1-4(2)3/h6-7,9,12,14H,10-11H2,1-5H3;4-5,8H,6H2,1-3H3,(H,18,19,20);6,8H,5H2,1-4H3;5-6H,3-4H2,1-2H3;3-4H2,1-2H3;5-8H,3-4H2,1-2H3;3H,1-2H3;. The smallest absolute Gasteiger partial charge is 0.316 e. The number of carbonyl (C=O) groups excluding carboxylic acids is 5. The number of esters is 2. The van der Waals surface area contributed by atoms with Gasteiger partial charge in [-0.3, -0.25) is 43.3 Å². The van der Waals surface area contributed by atoms with Crippen molar-refractivity contribution in [3.05, 3.63) is 75.1 Å². The summed E-state index contributed by atoms with van der Waals surface area (Å²) >= 11 is 26.3. The molecule has 0 spiro atoms. The van der Waals surface area contributed by atoms with Gasteiger partial charge >= 0.3 is 11.9 Å². The van der Waals surface area contributed by atoms with E-state index in [0.29, 0.717) is 75.7 Å². The first kappa shape index (κ1) is 92.5. The Labute approximate surface area is 603 Å². The number of thiocarbonyl (C=S) groups is 1. The van der Waals surface area contributed by atoms with Gasteiger partial charge in [-0.25, -0.2) is 4.98 Å². The predicted molar refractivity (Wildman–Crippen MR) is 399 cm³/mol. The van der Waals surface area contributed by atoms with Crippen LogP contribution in [0.15, 0.2) is 52.2 Å². The molecule has 512 valence electrons. The molecule has 2 aliphatic heterocycles. The highest BCUT2D eigenvalue weighted by Crippen LogP contribution is 2.59. The van der Waals surface area contributed by atoms with Crippen molar-refractivity contribution in [1.29, 1.82) is 10.5 Å². The summed E-state index contributed by atoms with van der Waals surface area (Å²) in [5, 5.41) is 41.2. The fraction of sp³-hybridized carbons (Fsp3) is 0.631. The number of amides is 1. The Kier molecular flexibility index (Phi) is 49.7. The Bertz CT molecular complexity index is 2850. The molecule has 0 fully saturated rings. The minimum atomic E-state index is -0.593. The highest BCUT2D eigenvalue weighted by molar-refractivity contribution is 9.93. The first-order valence-electron chi connectivity index (χ1n) is 29.8. The number of aliphatic hydroxyl groups excluding tert-OH is 2. The van der Waals surface area contributed by atoms with E-state index in [9.17, 15) is 34.0 Å². The summed E-state index contributed by atoms with van der Waals surface area (Å²) in [4.78, 5) is 82.2. The number of nitriles is 2. The van der Waals surface area contributed by atoms with Crippen LogP contribution in [-0.2, 0) is 50.8 Å². The number of ether oxygens (including phenoxy) is 2. The number of alkyl halides is 3. The van der Waals surface area contributed by atoms with Gasteiger partial charge in [0.1, 0.15) is 51.2 Å². The van der Waals surface area contributed by atoms with Crippen LogP contribution < -0.4 is 10.9 Å². The number of aliphatic hydroxyl groups is 2. The van der Waals surface area contributed by atoms with Crippen molar-refractivity contribution in [2.45, 2.75) is 179 Å². The number of nitrogens with one attached hydrogen (secondary N) is 1. The summed E-state index contributed by atoms with van der Waals surface area (Å²) in [6.07, 6.45) is 3.70. The molecular formula is C65H98Br6N7O10PS2. The zero-order chi connectivity index (χ0) is 71.3. The van der Waals surface area contributed by atoms with E-state index in [1.165, 1.54) is 13.8 Å². The Morgan fingerprint density at radius 2 is 1.24 bits per heavy atom. The van der Waals surface area contributed by atoms with Crippen LogP contribution in [0.5, 0.6) is 0 Å². The summed E-state index contributed by atoms with van der Waals surface area (Å²) in [7, 11) is 0. The fourth-order valence-electron chi connectivity index (χ4n) is 7.40. The van der Waals surface area contributed by atoms with Crippen molar-refractivity contribution in [3.8, 4) is 23.4 Å². The third-order valence-corrected chi connectivity index (χ3v) is 16.1. The Morgan fingerprint density at radius 1 is 0.780 bits per heavy atom. The van der Waals surface area contributed by atoms with Crippen molar-refractivity contribution in [2.75, 3.05) is 42.8 Å². The summed E-state index contributed by atoms with van der Waals surface area (Å²) < 4.78 is 10.7. The van der Waals surface area contributed by atoms with Gasteiger partial charge in [0.2, 0.25) is 0 Å². The SMILES string of the molecule is BrP(Br)Br.CC(C)(C)c1ccc(C2=C(C#N)C(=O)NC(=S)C2)cn1.CC(C)Br.CC(C)C(CBr)CBr.CC(C)C(CO)CO.CC(C)C1CSc2nc(-c3ccc(C(C)(C)C)nc3)c(C#N)c(=O)n2C1.CCOC(=O)C(C(C)=O)C(C)C.CCOC(=O)CC(C)=O. The van der Waals surface area contributed by atoms with Gasteiger partial charge < -0.3 is 25.0 Å². The highest BCUT2D eigenvalue weighted by Gasteiger charge is 2.30. The number of thioether (sulfide) groups is 1. The summed E-state index contributed by atoms with van der Waals surface area (Å²) in [5.74, 6) is 1.73. The third kappa shape index (κ3) is 38.6. The quantitative estimate of drug-likeness (QED) is 0.0300. The number of rotatable bonds is 16. The van der Waals surface area contributed by atoms with Gasteiger partial charge in [0, 0.05) is 93.5 Å². The maximum atomic E-state index is 12.9. The number of hydrogen-bond acceptors (Lipinski definition) is 17. The van der Waals surface area contributed by atoms with Gasteiger partial charge in [0.05, 0.1) is 23.9 Å². The zero-order valence-corrected chi connectivity index (χ0v) is 68.6. The van der Waals surface area contributed by atoms with E-state index in [4.69, 9.17) is 32.4 Å². The minimum Gasteiger partial charge on any atom is -0.466 e. The second-order valence-corrected chi connectivity index (χ2v) is 44.4. The van der Waals surface area contributed by atoms with Crippen molar-refractivity contribution >= 4 is 162 Å². The number of Topliss-reactive ketones (excluding diaryl/α,β-unsaturated/α-hetero) is 2. The van der Waals surface area contributed by atoms with Gasteiger partial charge in [-0.2, -0.15) is 10.5 Å². The molecule has 26 heteroatoms. The third-order valence-electron chi connectivity index (χ3n) is 13.0. The maximum Gasteiger partial charge on any atom is 0.316 e. The molecule has 3 aromatic rings. The number of fused-ring (bicyclic) bond motifs is 1. The van der Waals surface area contributed by atoms with E-state index in [-0.39, 0.29) is 74.6 Å². The van der Waals surface area contributed by atoms with Crippen LogP contribution in [0.25, 0.3) is 16.8 Å². The molecule has 0 aliphatic carbocycles. The Balaban J connectivity index is -0.00000106. The molecule has 0 saturated heterocycles. The van der Waals surface area contributed by atoms with Gasteiger partial charge in [-0.1, -0.05) is 189 Å². The first-order chi connectivity index (χ1) is 42.1. The second-order valence-electron chi connectivity index (χ2n) is 24.5. The lowest BCUT2D eigenvalue weighted by Crippen LogP contribution is -2.34. The summed E-state index contributed by atoms with van der Waals surface area (Å²) in [6.45, 7) is 40.9. The maximum absolute atomic E-state index is 12.9. The number of carbonyl (C=O) groups is 5. The molecule has 2 unspecified atom stereocenters. The van der Waals surface area contributed by atoms with Gasteiger partial charge in [0.15, 0.2) is 5.16 Å². The average Bonchev–Trinajstić information content (AvgIpc) is 1.09. The number of pyridine rings is 2. The molecule has 0 bridgehead atoms. The van der Waals surface area contributed by atoms with Gasteiger partial charge in [-0.05, 0) is 139 Å². The van der Waals surface area contributed by atoms with Crippen molar-refractivity contribution in [1.82, 2.24) is 24.8 Å². The number of aromatic nitrogens is 4. The minimum absolute atomic E-state index is 0.0153. The zero-order valence-electron chi connectivity index (χ0n) is 56.6. The molecule has 91 heavy (non-hydrogen) atoms. The largest absolute Gasteiger partial charge is 0.466 e. The number of hydrogen-bond donors (Lipinski definition) is 3. The van der Waals surface area contributed by atoms with E-state index < -0.39 is 23.8 Å². The molecule has 0 saturated carbocycles. The molecule has 0 radical (unpaired) electrons. The average molecular weight is 1710 g/mol. The van der Waals surface area contributed by atoms with E-state index >= 15 is 0 Å². The van der Waals surface area contributed by atoms with Crippen LogP contribution in [0.4, 0.5) is 0 Å². The predicted octanol–water partition coefficient (Wildman–Crippen LogP) is 16.8. The molecule has 2 atom stereocenters. The molecule has 2 aliphatic rings. The molecule has 5 rings (SSSR count). The van der Waals surface area contributed by atoms with Crippen molar-refractivity contribution < 1.29 is 43.7 Å². The molecule has 1 amide bonds. The van der Waals surface area contributed by atoms with Crippen molar-refractivity contribution in [2.24, 2.45) is 47.3 Å². The van der Waals surface area contributed by atoms with Crippen LogP contribution in [-0.4, -0.2) is 112 Å². The van der Waals surface area contributed by atoms with Crippen molar-refractivity contribution in [3.63, 3.8) is 0 Å². The van der Waals surface area contributed by atoms with Crippen LogP contribution in [0.3, 0.4) is 0 Å². The lowest BCUT2D eigenvalue weighted by atomic mass is 9.90. The molecule has 17 nitrogen and oxygen atoms in total. The van der Waals surface area contributed by atoms with E-state index in [2.05, 4.69) is 208 Å². The summed E-state index contributed by atoms with van der Waals surface area (Å²) in [5.41, 5.74) is 4.37. The number of nitrogens with zero attached hydrogens (tertiary/aromatic N) is 6. The van der Waals surface area contributed by atoms with Gasteiger partial charge in [-0.15, -0.1) is 0 Å². The van der Waals surface area contributed by atoms with E-state index in [1.807, 2.05) is 58.0 Å². The van der Waals surface area contributed by atoms with Crippen LogP contribution >= 0.6 is 122 Å². The lowest BCUT2D eigenvalue weighted by Gasteiger charge is -2.28. The molecule has 3 aromatic heterocycles. The topological polar surface area (TPSA) is 265 Å². The monoisotopic (exact) mass is 1710 g/mol. The summed E-state index contributed by atoms with van der Waals surface area (Å²) in [6, 6.07) is 11.7. The first-order valence-corrected chi connectivity index (χ1v) is 41.7. The number of halogens is 6. The molecule has 3 N–H and O–H groups in total. The molecule has 0 aromatic carbocycles. The molecule has 5 heterocycles. The Morgan fingerprint density at radius 3 is 1.55 bits per heavy atom. The number of ketones is 2. The highest BCUT2D eigenvalue weighted by atomic mass is 80.0. The van der Waals surface area contributed by atoms with E-state index in [0.717, 1.165) is 45.2 Å². The van der Waals surface area contributed by atoms with E-state index in [1.54, 1.807) is 42.6 Å². The second kappa shape index (κ2) is 48.9. The normalized spacial score (nSPS) is 13.7. The van der Waals surface area contributed by atoms with Crippen LogP contribution in [0, 0.1) is 70.0 Å². The van der Waals surface area contributed by atoms with Gasteiger partial charge in [0.25, 0.3) is 11.5 Å². The lowest BCUT2D eigenvalue weighted by molar-refractivity contribution is -0.153. The Hall–Kier alpha value is -2.68. The van der Waals surface area contributed by atoms with Crippen LogP contribution in [0.2, 0.25) is 0 Å². The fourth-order valence-corrected chi connectivity index (χ4v) is 11.5. The molecular weight excluding hydrogens is 1610 g/mol.